The Morgan fingerprint density at radius 2 is 1.77 bits per heavy atom. The van der Waals surface area contributed by atoms with Crippen molar-refractivity contribution in [3.8, 4) is 0 Å². The molecule has 0 unspecified atom stereocenters. The third-order valence-corrected chi connectivity index (χ3v) is 3.92. The van der Waals surface area contributed by atoms with Crippen LogP contribution >= 0.6 is 0 Å². The highest BCUT2D eigenvalue weighted by molar-refractivity contribution is 5.78. The van der Waals surface area contributed by atoms with Crippen molar-refractivity contribution in [3.05, 3.63) is 30.1 Å². The summed E-state index contributed by atoms with van der Waals surface area (Å²) in [6, 6.07) is 4.14. The largest absolute Gasteiger partial charge is 0.353 e. The van der Waals surface area contributed by atoms with E-state index >= 15 is 0 Å². The van der Waals surface area contributed by atoms with Crippen LogP contribution in [-0.4, -0.2) is 35.4 Å². The number of aromatic nitrogens is 1. The maximum absolute atomic E-state index is 12.0. The quantitative estimate of drug-likeness (QED) is 0.713. The summed E-state index contributed by atoms with van der Waals surface area (Å²) in [7, 11) is 0. The van der Waals surface area contributed by atoms with Gasteiger partial charge in [0, 0.05) is 37.4 Å². The minimum Gasteiger partial charge on any atom is -0.353 e. The molecule has 0 radical (unpaired) electrons. The minimum absolute atomic E-state index is 0.0200. The van der Waals surface area contributed by atoms with Crippen LogP contribution in [0.5, 0.6) is 0 Å². The lowest BCUT2D eigenvalue weighted by molar-refractivity contribution is -0.123. The van der Waals surface area contributed by atoms with E-state index in [4.69, 9.17) is 5.73 Å². The summed E-state index contributed by atoms with van der Waals surface area (Å²) in [4.78, 5) is 27.5. The van der Waals surface area contributed by atoms with Gasteiger partial charge >= 0.3 is 0 Å². The number of hydrogen-bond acceptors (Lipinski definition) is 4. The van der Waals surface area contributed by atoms with Crippen molar-refractivity contribution in [2.24, 2.45) is 5.73 Å². The molecule has 1 aromatic rings. The summed E-state index contributed by atoms with van der Waals surface area (Å²) in [6.07, 6.45) is 7.73. The molecule has 22 heavy (non-hydrogen) atoms. The highest BCUT2D eigenvalue weighted by Gasteiger charge is 2.23. The first-order valence-corrected chi connectivity index (χ1v) is 7.85. The minimum atomic E-state index is 0.0200. The molecule has 1 fully saturated rings. The van der Waals surface area contributed by atoms with Crippen molar-refractivity contribution in [3.63, 3.8) is 0 Å². The zero-order valence-electron chi connectivity index (χ0n) is 12.8. The summed E-state index contributed by atoms with van der Waals surface area (Å²) in [5.74, 6) is 0.0511. The van der Waals surface area contributed by atoms with Crippen molar-refractivity contribution in [1.82, 2.24) is 15.6 Å². The van der Waals surface area contributed by atoms with Gasteiger partial charge in [-0.05, 0) is 37.3 Å². The summed E-state index contributed by atoms with van der Waals surface area (Å²) in [5, 5.41) is 6.06. The van der Waals surface area contributed by atoms with Gasteiger partial charge in [0.25, 0.3) is 0 Å². The second-order valence-electron chi connectivity index (χ2n) is 5.76. The van der Waals surface area contributed by atoms with Gasteiger partial charge in [-0.25, -0.2) is 0 Å². The third-order valence-electron chi connectivity index (χ3n) is 3.92. The SMILES string of the molecule is NCCC(=O)N[C@H]1CC[C@H](NC(=O)Cc2cccnc2)CC1. The van der Waals surface area contributed by atoms with Gasteiger partial charge in [0.15, 0.2) is 0 Å². The molecule has 120 valence electrons. The van der Waals surface area contributed by atoms with E-state index in [1.807, 2.05) is 12.1 Å². The average Bonchev–Trinajstić information content (AvgIpc) is 2.50. The number of hydrogen-bond donors (Lipinski definition) is 3. The van der Waals surface area contributed by atoms with Crippen LogP contribution in [0, 0.1) is 0 Å². The molecule has 1 saturated carbocycles. The molecule has 0 aliphatic heterocycles. The monoisotopic (exact) mass is 304 g/mol. The van der Waals surface area contributed by atoms with Crippen molar-refractivity contribution in [2.75, 3.05) is 6.54 Å². The lowest BCUT2D eigenvalue weighted by atomic mass is 9.91. The van der Waals surface area contributed by atoms with E-state index < -0.39 is 0 Å². The van der Waals surface area contributed by atoms with E-state index in [0.29, 0.717) is 19.4 Å². The Labute approximate surface area is 130 Å². The number of nitrogens with one attached hydrogen (secondary N) is 2. The van der Waals surface area contributed by atoms with Gasteiger partial charge < -0.3 is 16.4 Å². The van der Waals surface area contributed by atoms with Crippen molar-refractivity contribution in [2.45, 2.75) is 50.6 Å². The van der Waals surface area contributed by atoms with Gasteiger partial charge in [-0.15, -0.1) is 0 Å². The van der Waals surface area contributed by atoms with Crippen LogP contribution in [0.4, 0.5) is 0 Å². The molecule has 0 saturated heterocycles. The fourth-order valence-corrected chi connectivity index (χ4v) is 2.78. The fourth-order valence-electron chi connectivity index (χ4n) is 2.78. The molecule has 0 atom stereocenters. The smallest absolute Gasteiger partial charge is 0.224 e. The Bertz CT molecular complexity index is 484. The molecule has 1 heterocycles. The van der Waals surface area contributed by atoms with Crippen LogP contribution in [0.15, 0.2) is 24.5 Å². The van der Waals surface area contributed by atoms with Crippen LogP contribution in [0.1, 0.15) is 37.7 Å². The normalized spacial score (nSPS) is 21.1. The summed E-state index contributed by atoms with van der Waals surface area (Å²) >= 11 is 0. The van der Waals surface area contributed by atoms with E-state index in [0.717, 1.165) is 31.2 Å². The van der Waals surface area contributed by atoms with Gasteiger partial charge in [0.2, 0.25) is 11.8 Å². The van der Waals surface area contributed by atoms with Gasteiger partial charge in [-0.3, -0.25) is 14.6 Å². The molecule has 0 spiro atoms. The number of nitrogens with two attached hydrogens (primary N) is 1. The Morgan fingerprint density at radius 3 is 2.32 bits per heavy atom. The predicted molar refractivity (Wildman–Crippen MR) is 83.9 cm³/mol. The fraction of sp³-hybridized carbons (Fsp3) is 0.562. The number of amides is 2. The molecule has 1 aromatic heterocycles. The number of rotatable bonds is 6. The lowest BCUT2D eigenvalue weighted by Crippen LogP contribution is -2.44. The summed E-state index contributed by atoms with van der Waals surface area (Å²) in [6.45, 7) is 0.381. The maximum Gasteiger partial charge on any atom is 0.224 e. The Morgan fingerprint density at radius 1 is 1.14 bits per heavy atom. The first-order chi connectivity index (χ1) is 10.7. The average molecular weight is 304 g/mol. The molecule has 4 N–H and O–H groups in total. The lowest BCUT2D eigenvalue weighted by Gasteiger charge is -2.29. The highest BCUT2D eigenvalue weighted by Crippen LogP contribution is 2.19. The third kappa shape index (κ3) is 5.44. The Kier molecular flexibility index (Phi) is 6.33. The highest BCUT2D eigenvalue weighted by atomic mass is 16.2. The van der Waals surface area contributed by atoms with Gasteiger partial charge in [-0.2, -0.15) is 0 Å². The van der Waals surface area contributed by atoms with Gasteiger partial charge in [0.05, 0.1) is 6.42 Å². The zero-order chi connectivity index (χ0) is 15.8. The summed E-state index contributed by atoms with van der Waals surface area (Å²) in [5.41, 5.74) is 6.28. The maximum atomic E-state index is 12.0. The zero-order valence-corrected chi connectivity index (χ0v) is 12.8. The molecule has 0 bridgehead atoms. The second kappa shape index (κ2) is 8.48. The van der Waals surface area contributed by atoms with E-state index in [1.54, 1.807) is 12.4 Å². The predicted octanol–water partition coefficient (Wildman–Crippen LogP) is 0.517. The van der Waals surface area contributed by atoms with Gasteiger partial charge in [-0.1, -0.05) is 6.07 Å². The van der Waals surface area contributed by atoms with E-state index in [-0.39, 0.29) is 23.9 Å². The first kappa shape index (κ1) is 16.4. The molecule has 1 aliphatic rings. The van der Waals surface area contributed by atoms with Crippen LogP contribution in [-0.2, 0) is 16.0 Å². The van der Waals surface area contributed by atoms with E-state index in [2.05, 4.69) is 15.6 Å². The molecule has 0 aromatic carbocycles. The Balaban J connectivity index is 1.68. The van der Waals surface area contributed by atoms with E-state index in [1.165, 1.54) is 0 Å². The van der Waals surface area contributed by atoms with Crippen LogP contribution in [0.25, 0.3) is 0 Å². The second-order valence-corrected chi connectivity index (χ2v) is 5.76. The topological polar surface area (TPSA) is 97.1 Å². The van der Waals surface area contributed by atoms with Crippen LogP contribution < -0.4 is 16.4 Å². The number of nitrogens with zero attached hydrogens (tertiary/aromatic N) is 1. The Hall–Kier alpha value is -1.95. The van der Waals surface area contributed by atoms with Crippen molar-refractivity contribution < 1.29 is 9.59 Å². The molecule has 6 nitrogen and oxygen atoms in total. The molecule has 2 rings (SSSR count). The van der Waals surface area contributed by atoms with E-state index in [9.17, 15) is 9.59 Å². The summed E-state index contributed by atoms with van der Waals surface area (Å²) < 4.78 is 0. The standard InChI is InChI=1S/C16H24N4O2/c17-8-7-15(21)19-13-3-5-14(6-4-13)20-16(22)10-12-2-1-9-18-11-12/h1-2,9,11,13-14H,3-8,10,17H2,(H,19,21)(H,20,22)/t13-,14-. The van der Waals surface area contributed by atoms with Gasteiger partial charge in [0.1, 0.15) is 0 Å². The van der Waals surface area contributed by atoms with Crippen molar-refractivity contribution in [1.29, 1.82) is 0 Å². The molecular formula is C16H24N4O2. The number of pyridine rings is 1. The van der Waals surface area contributed by atoms with Crippen LogP contribution in [0.3, 0.4) is 0 Å². The molecule has 2 amide bonds. The molecular weight excluding hydrogens is 280 g/mol. The number of carbonyl (C=O) groups is 2. The van der Waals surface area contributed by atoms with Crippen LogP contribution in [0.2, 0.25) is 0 Å². The number of carbonyl (C=O) groups excluding carboxylic acids is 2. The molecule has 6 heteroatoms. The van der Waals surface area contributed by atoms with Crippen molar-refractivity contribution >= 4 is 11.8 Å². The first-order valence-electron chi connectivity index (χ1n) is 7.85. The molecule has 1 aliphatic carbocycles.